The summed E-state index contributed by atoms with van der Waals surface area (Å²) in [6, 6.07) is 11.4. The lowest BCUT2D eigenvalue weighted by atomic mass is 9.97. The molecule has 3 aromatic rings. The number of nitrogens with one attached hydrogen (secondary N) is 1. The smallest absolute Gasteiger partial charge is 0.256 e. The van der Waals surface area contributed by atoms with E-state index in [1.807, 2.05) is 23.1 Å². The van der Waals surface area contributed by atoms with Gasteiger partial charge in [0.1, 0.15) is 0 Å². The van der Waals surface area contributed by atoms with Crippen molar-refractivity contribution in [2.75, 3.05) is 32.6 Å². The Morgan fingerprint density at radius 2 is 1.90 bits per heavy atom. The number of ether oxygens (including phenoxy) is 2. The van der Waals surface area contributed by atoms with Crippen LogP contribution in [0.3, 0.4) is 0 Å². The monoisotopic (exact) mass is 439 g/mol. The van der Waals surface area contributed by atoms with Gasteiger partial charge in [-0.2, -0.15) is 0 Å². The summed E-state index contributed by atoms with van der Waals surface area (Å²) in [5, 5.41) is 3.81. The van der Waals surface area contributed by atoms with Crippen molar-refractivity contribution in [1.29, 1.82) is 0 Å². The number of carbonyl (C=O) groups excluding carboxylic acids is 2. The quantitative estimate of drug-likeness (QED) is 0.641. The molecule has 0 spiro atoms. The minimum absolute atomic E-state index is 0.143. The predicted molar refractivity (Wildman–Crippen MR) is 121 cm³/mol. The molecular formula is C23H25N3O4S. The predicted octanol–water partition coefficient (Wildman–Crippen LogP) is 4.29. The summed E-state index contributed by atoms with van der Waals surface area (Å²) in [7, 11) is 3.04. The minimum Gasteiger partial charge on any atom is -0.493 e. The number of rotatable bonds is 5. The van der Waals surface area contributed by atoms with Crippen LogP contribution in [0.4, 0.5) is 5.69 Å². The van der Waals surface area contributed by atoms with Gasteiger partial charge in [-0.3, -0.25) is 9.59 Å². The van der Waals surface area contributed by atoms with Gasteiger partial charge in [0.25, 0.3) is 5.91 Å². The number of anilines is 1. The SMILES string of the molecule is COc1cc(NC(C)=O)c(C(=O)N2CCC[C@@H](c3nc4ccccc4s3)C2)cc1OC. The lowest BCUT2D eigenvalue weighted by Crippen LogP contribution is -2.39. The number of hydrogen-bond acceptors (Lipinski definition) is 6. The largest absolute Gasteiger partial charge is 0.493 e. The number of fused-ring (bicyclic) bond motifs is 1. The highest BCUT2D eigenvalue weighted by Crippen LogP contribution is 2.36. The first-order chi connectivity index (χ1) is 15.0. The number of aromatic nitrogens is 1. The van der Waals surface area contributed by atoms with E-state index in [2.05, 4.69) is 11.4 Å². The number of nitrogens with zero attached hydrogens (tertiary/aromatic N) is 2. The zero-order valence-corrected chi connectivity index (χ0v) is 18.6. The number of hydrogen-bond donors (Lipinski definition) is 1. The molecule has 4 rings (SSSR count). The van der Waals surface area contributed by atoms with E-state index in [0.29, 0.717) is 35.8 Å². The van der Waals surface area contributed by atoms with Gasteiger partial charge in [0.2, 0.25) is 5.91 Å². The van der Waals surface area contributed by atoms with E-state index in [1.54, 1.807) is 23.5 Å². The Hall–Kier alpha value is -3.13. The highest BCUT2D eigenvalue weighted by molar-refractivity contribution is 7.18. The molecule has 31 heavy (non-hydrogen) atoms. The van der Waals surface area contributed by atoms with Crippen molar-refractivity contribution in [3.05, 3.63) is 47.0 Å². The molecule has 162 valence electrons. The van der Waals surface area contributed by atoms with Crippen LogP contribution < -0.4 is 14.8 Å². The number of amides is 2. The summed E-state index contributed by atoms with van der Waals surface area (Å²) in [4.78, 5) is 31.8. The third kappa shape index (κ3) is 4.34. The number of likely N-dealkylation sites (tertiary alicyclic amines) is 1. The second-order valence-electron chi connectivity index (χ2n) is 7.54. The van der Waals surface area contributed by atoms with Gasteiger partial charge in [-0.25, -0.2) is 4.98 Å². The lowest BCUT2D eigenvalue weighted by molar-refractivity contribution is -0.114. The molecule has 1 atom stereocenters. The van der Waals surface area contributed by atoms with E-state index in [9.17, 15) is 9.59 Å². The topological polar surface area (TPSA) is 80.8 Å². The number of piperidine rings is 1. The van der Waals surface area contributed by atoms with Crippen molar-refractivity contribution in [2.45, 2.75) is 25.7 Å². The Morgan fingerprint density at radius 1 is 1.16 bits per heavy atom. The number of carbonyl (C=O) groups is 2. The Morgan fingerprint density at radius 3 is 2.61 bits per heavy atom. The maximum atomic E-state index is 13.5. The zero-order valence-electron chi connectivity index (χ0n) is 17.8. The summed E-state index contributed by atoms with van der Waals surface area (Å²) in [6.07, 6.45) is 1.89. The number of thiazole rings is 1. The molecule has 7 nitrogen and oxygen atoms in total. The first-order valence-electron chi connectivity index (χ1n) is 10.2. The van der Waals surface area contributed by atoms with Gasteiger partial charge in [-0.15, -0.1) is 11.3 Å². The van der Waals surface area contributed by atoms with E-state index >= 15 is 0 Å². The van der Waals surface area contributed by atoms with Crippen molar-refractivity contribution in [1.82, 2.24) is 9.88 Å². The number of para-hydroxylation sites is 1. The third-order valence-corrected chi connectivity index (χ3v) is 6.63. The molecule has 0 bridgehead atoms. The van der Waals surface area contributed by atoms with E-state index in [4.69, 9.17) is 14.5 Å². The standard InChI is InChI=1S/C23H25N3O4S/c1-14(27)24-18-12-20(30-3)19(29-2)11-16(18)23(28)26-10-6-7-15(13-26)22-25-17-8-4-5-9-21(17)31-22/h4-5,8-9,11-12,15H,6-7,10,13H2,1-3H3,(H,24,27)/t15-/m1/s1. The van der Waals surface area contributed by atoms with Gasteiger partial charge in [-0.1, -0.05) is 12.1 Å². The average molecular weight is 440 g/mol. The van der Waals surface area contributed by atoms with Crippen LogP contribution in [-0.4, -0.2) is 49.0 Å². The second-order valence-corrected chi connectivity index (χ2v) is 8.61. The Labute approximate surface area is 185 Å². The Bertz CT molecular complexity index is 1090. The van der Waals surface area contributed by atoms with Crippen molar-refractivity contribution < 1.29 is 19.1 Å². The van der Waals surface area contributed by atoms with Crippen LogP contribution in [0.1, 0.15) is 41.0 Å². The summed E-state index contributed by atoms with van der Waals surface area (Å²) >= 11 is 1.69. The number of benzene rings is 2. The normalized spacial score (nSPS) is 16.2. The molecule has 1 N–H and O–H groups in total. The van der Waals surface area contributed by atoms with Crippen LogP contribution in [0.15, 0.2) is 36.4 Å². The summed E-state index contributed by atoms with van der Waals surface area (Å²) in [5.74, 6) is 0.690. The summed E-state index contributed by atoms with van der Waals surface area (Å²) in [5.41, 5.74) is 1.80. The van der Waals surface area contributed by atoms with E-state index in [1.165, 1.54) is 21.1 Å². The molecule has 8 heteroatoms. The van der Waals surface area contributed by atoms with E-state index in [-0.39, 0.29) is 17.7 Å². The van der Waals surface area contributed by atoms with Gasteiger partial charge in [0, 0.05) is 32.0 Å². The highest BCUT2D eigenvalue weighted by atomic mass is 32.1. The zero-order chi connectivity index (χ0) is 22.0. The average Bonchev–Trinajstić information content (AvgIpc) is 3.22. The van der Waals surface area contributed by atoms with Crippen LogP contribution >= 0.6 is 11.3 Å². The molecule has 1 fully saturated rings. The lowest BCUT2D eigenvalue weighted by Gasteiger charge is -2.32. The molecule has 0 saturated carbocycles. The van der Waals surface area contributed by atoms with Gasteiger partial charge in [-0.05, 0) is 31.0 Å². The van der Waals surface area contributed by atoms with E-state index in [0.717, 1.165) is 28.1 Å². The van der Waals surface area contributed by atoms with Crippen LogP contribution in [0, 0.1) is 0 Å². The van der Waals surface area contributed by atoms with E-state index < -0.39 is 0 Å². The molecule has 1 aliphatic rings. The fourth-order valence-electron chi connectivity index (χ4n) is 3.95. The first-order valence-corrected chi connectivity index (χ1v) is 11.0. The van der Waals surface area contributed by atoms with Crippen LogP contribution in [0.5, 0.6) is 11.5 Å². The van der Waals surface area contributed by atoms with Crippen molar-refractivity contribution in [2.24, 2.45) is 0 Å². The molecular weight excluding hydrogens is 414 g/mol. The molecule has 2 aromatic carbocycles. The molecule has 0 radical (unpaired) electrons. The molecule has 2 amide bonds. The fraction of sp³-hybridized carbons (Fsp3) is 0.348. The Kier molecular flexibility index (Phi) is 6.08. The fourth-order valence-corrected chi connectivity index (χ4v) is 5.04. The summed E-state index contributed by atoms with van der Waals surface area (Å²) in [6.45, 7) is 2.66. The van der Waals surface area contributed by atoms with Crippen molar-refractivity contribution in [3.63, 3.8) is 0 Å². The van der Waals surface area contributed by atoms with Crippen LogP contribution in [-0.2, 0) is 4.79 Å². The van der Waals surface area contributed by atoms with Gasteiger partial charge < -0.3 is 19.7 Å². The molecule has 1 aliphatic heterocycles. The molecule has 1 aromatic heterocycles. The molecule has 0 unspecified atom stereocenters. The van der Waals surface area contributed by atoms with Crippen LogP contribution in [0.25, 0.3) is 10.2 Å². The van der Waals surface area contributed by atoms with Gasteiger partial charge in [0.05, 0.1) is 40.7 Å². The Balaban J connectivity index is 1.63. The van der Waals surface area contributed by atoms with Crippen LogP contribution in [0.2, 0.25) is 0 Å². The minimum atomic E-state index is -0.257. The van der Waals surface area contributed by atoms with Gasteiger partial charge >= 0.3 is 0 Å². The third-order valence-electron chi connectivity index (χ3n) is 5.43. The molecule has 2 heterocycles. The molecule has 1 saturated heterocycles. The van der Waals surface area contributed by atoms with Gasteiger partial charge in [0.15, 0.2) is 11.5 Å². The maximum Gasteiger partial charge on any atom is 0.256 e. The first kappa shape index (κ1) is 21.1. The molecule has 0 aliphatic carbocycles. The van der Waals surface area contributed by atoms with Crippen molar-refractivity contribution in [3.8, 4) is 11.5 Å². The number of methoxy groups -OCH3 is 2. The van der Waals surface area contributed by atoms with Crippen molar-refractivity contribution >= 4 is 39.1 Å². The second kappa shape index (κ2) is 8.93. The highest BCUT2D eigenvalue weighted by Gasteiger charge is 2.29. The maximum absolute atomic E-state index is 13.5. The summed E-state index contributed by atoms with van der Waals surface area (Å²) < 4.78 is 11.9.